The Kier molecular flexibility index (Phi) is 5.25. The van der Waals surface area contributed by atoms with E-state index in [4.69, 9.17) is 0 Å². The van der Waals surface area contributed by atoms with Crippen molar-refractivity contribution in [2.45, 2.75) is 19.5 Å². The number of anilines is 2. The minimum absolute atomic E-state index is 0.0274. The van der Waals surface area contributed by atoms with E-state index < -0.39 is 17.6 Å². The second-order valence-electron chi connectivity index (χ2n) is 5.87. The van der Waals surface area contributed by atoms with E-state index >= 15 is 0 Å². The zero-order valence-corrected chi connectivity index (χ0v) is 14.5. The van der Waals surface area contributed by atoms with Crippen molar-refractivity contribution in [3.8, 4) is 0 Å². The number of halogens is 3. The molecular formula is C19H17F3N4O. The molecule has 5 nitrogen and oxygen atoms in total. The van der Waals surface area contributed by atoms with Crippen LogP contribution in [-0.2, 0) is 6.18 Å². The Morgan fingerprint density at radius 3 is 2.41 bits per heavy atom. The summed E-state index contributed by atoms with van der Waals surface area (Å²) in [5, 5.41) is 5.51. The summed E-state index contributed by atoms with van der Waals surface area (Å²) in [7, 11) is 0. The Morgan fingerprint density at radius 1 is 1.04 bits per heavy atom. The molecule has 27 heavy (non-hydrogen) atoms. The quantitative estimate of drug-likeness (QED) is 0.678. The first-order valence-electron chi connectivity index (χ1n) is 8.37. The number of nitrogens with one attached hydrogen (secondary N) is 2. The molecular weight excluding hydrogens is 357 g/mol. The minimum Gasteiger partial charge on any atom is -0.368 e. The summed E-state index contributed by atoms with van der Waals surface area (Å²) in [6.45, 7) is 2.54. The molecule has 8 heteroatoms. The normalized spacial score (nSPS) is 11.4. The smallest absolute Gasteiger partial charge is 0.368 e. The summed E-state index contributed by atoms with van der Waals surface area (Å²) in [5.74, 6) is -0.341. The van der Waals surface area contributed by atoms with Gasteiger partial charge < -0.3 is 10.6 Å². The van der Waals surface area contributed by atoms with E-state index in [0.29, 0.717) is 23.4 Å². The number of carbonyl (C=O) groups is 1. The van der Waals surface area contributed by atoms with Crippen LogP contribution < -0.4 is 10.6 Å². The minimum atomic E-state index is -4.49. The van der Waals surface area contributed by atoms with Crippen molar-refractivity contribution in [1.29, 1.82) is 0 Å². The van der Waals surface area contributed by atoms with E-state index in [-0.39, 0.29) is 11.4 Å². The van der Waals surface area contributed by atoms with Gasteiger partial charge in [-0.15, -0.1) is 0 Å². The number of alkyl halides is 3. The molecule has 0 aliphatic heterocycles. The third kappa shape index (κ3) is 4.33. The molecule has 0 bridgehead atoms. The highest BCUT2D eigenvalue weighted by atomic mass is 19.4. The Hall–Kier alpha value is -3.16. The Balaban J connectivity index is 1.94. The van der Waals surface area contributed by atoms with Crippen molar-refractivity contribution in [1.82, 2.24) is 9.97 Å². The molecule has 2 aromatic carbocycles. The van der Waals surface area contributed by atoms with Gasteiger partial charge in [0.25, 0.3) is 5.91 Å². The summed E-state index contributed by atoms with van der Waals surface area (Å²) in [6, 6.07) is 11.5. The Labute approximate surface area is 153 Å². The van der Waals surface area contributed by atoms with Gasteiger partial charge in [0.1, 0.15) is 0 Å². The highest BCUT2D eigenvalue weighted by Crippen LogP contribution is 2.30. The number of rotatable bonds is 5. The van der Waals surface area contributed by atoms with Crippen LogP contribution in [0.3, 0.4) is 0 Å². The number of para-hydroxylation sites is 2. The summed E-state index contributed by atoms with van der Waals surface area (Å²) in [4.78, 5) is 21.4. The maximum absolute atomic E-state index is 12.9. The van der Waals surface area contributed by atoms with E-state index in [1.165, 1.54) is 12.1 Å². The van der Waals surface area contributed by atoms with Crippen molar-refractivity contribution in [3.63, 3.8) is 0 Å². The van der Waals surface area contributed by atoms with Crippen LogP contribution >= 0.6 is 0 Å². The molecule has 140 valence electrons. The number of hydrogen-bond acceptors (Lipinski definition) is 4. The molecule has 0 atom stereocenters. The molecule has 1 aromatic heterocycles. The molecule has 0 fully saturated rings. The summed E-state index contributed by atoms with van der Waals surface area (Å²) in [5.41, 5.74) is 0.362. The van der Waals surface area contributed by atoms with Gasteiger partial charge in [-0.05, 0) is 36.8 Å². The number of aromatic nitrogens is 2. The molecule has 2 N–H and O–H groups in total. The maximum Gasteiger partial charge on any atom is 0.416 e. The number of hydrogen-bond donors (Lipinski definition) is 2. The molecule has 0 spiro atoms. The third-order valence-electron chi connectivity index (χ3n) is 3.78. The molecule has 0 saturated carbocycles. The van der Waals surface area contributed by atoms with Crippen molar-refractivity contribution >= 4 is 28.4 Å². The zero-order chi connectivity index (χ0) is 19.4. The molecule has 0 radical (unpaired) electrons. The predicted octanol–water partition coefficient (Wildman–Crippen LogP) is 4.72. The number of benzene rings is 2. The second kappa shape index (κ2) is 7.61. The first kappa shape index (κ1) is 18.6. The molecule has 0 aliphatic carbocycles. The van der Waals surface area contributed by atoms with Gasteiger partial charge >= 0.3 is 6.18 Å². The monoisotopic (exact) mass is 374 g/mol. The highest BCUT2D eigenvalue weighted by molar-refractivity contribution is 6.07. The van der Waals surface area contributed by atoms with E-state index in [1.54, 1.807) is 18.2 Å². The van der Waals surface area contributed by atoms with Gasteiger partial charge in [0.05, 0.1) is 16.6 Å². The molecule has 3 aromatic rings. The van der Waals surface area contributed by atoms with Crippen LogP contribution in [0.15, 0.2) is 48.5 Å². The topological polar surface area (TPSA) is 66.9 Å². The molecule has 0 saturated heterocycles. The number of amides is 1. The molecule has 0 aliphatic rings. The lowest BCUT2D eigenvalue weighted by Gasteiger charge is -2.13. The van der Waals surface area contributed by atoms with Gasteiger partial charge in [-0.2, -0.15) is 13.2 Å². The summed E-state index contributed by atoms with van der Waals surface area (Å²) >= 11 is 0. The van der Waals surface area contributed by atoms with Crippen LogP contribution in [0.5, 0.6) is 0 Å². The fraction of sp³-hybridized carbons (Fsp3) is 0.211. The Morgan fingerprint density at radius 2 is 1.74 bits per heavy atom. The standard InChI is InChI=1S/C19H17F3N4O/c1-2-10-23-17-16(25-14-8-3-4-9-15(14)26-17)18(27)24-13-7-5-6-12(11-13)19(20,21)22/h3-9,11H,2,10H2,1H3,(H,23,26)(H,24,27). The average molecular weight is 374 g/mol. The van der Waals surface area contributed by atoms with Crippen molar-refractivity contribution in [2.24, 2.45) is 0 Å². The molecule has 0 unspecified atom stereocenters. The number of nitrogens with zero attached hydrogens (tertiary/aromatic N) is 2. The maximum atomic E-state index is 12.9. The van der Waals surface area contributed by atoms with Crippen LogP contribution in [0.25, 0.3) is 11.0 Å². The highest BCUT2D eigenvalue weighted by Gasteiger charge is 2.30. The van der Waals surface area contributed by atoms with Crippen molar-refractivity contribution in [2.75, 3.05) is 17.2 Å². The van der Waals surface area contributed by atoms with Gasteiger partial charge in [0.2, 0.25) is 0 Å². The number of fused-ring (bicyclic) bond motifs is 1. The van der Waals surface area contributed by atoms with E-state index in [2.05, 4.69) is 20.6 Å². The number of carbonyl (C=O) groups excluding carboxylic acids is 1. The molecule has 3 rings (SSSR count). The summed E-state index contributed by atoms with van der Waals surface area (Å²) < 4.78 is 38.6. The first-order chi connectivity index (χ1) is 12.9. The lowest BCUT2D eigenvalue weighted by Crippen LogP contribution is -2.18. The fourth-order valence-corrected chi connectivity index (χ4v) is 2.49. The van der Waals surface area contributed by atoms with Crippen LogP contribution in [0, 0.1) is 0 Å². The second-order valence-corrected chi connectivity index (χ2v) is 5.87. The largest absolute Gasteiger partial charge is 0.416 e. The van der Waals surface area contributed by atoms with Crippen LogP contribution in [0.1, 0.15) is 29.4 Å². The van der Waals surface area contributed by atoms with Crippen LogP contribution in [-0.4, -0.2) is 22.4 Å². The van der Waals surface area contributed by atoms with Gasteiger partial charge in [0.15, 0.2) is 11.5 Å². The van der Waals surface area contributed by atoms with Crippen molar-refractivity contribution in [3.05, 3.63) is 59.8 Å². The molecule has 1 amide bonds. The van der Waals surface area contributed by atoms with E-state index in [1.807, 2.05) is 13.0 Å². The van der Waals surface area contributed by atoms with E-state index in [0.717, 1.165) is 18.6 Å². The predicted molar refractivity (Wildman–Crippen MR) is 97.7 cm³/mol. The third-order valence-corrected chi connectivity index (χ3v) is 3.78. The van der Waals surface area contributed by atoms with Gasteiger partial charge in [0, 0.05) is 12.2 Å². The van der Waals surface area contributed by atoms with E-state index in [9.17, 15) is 18.0 Å². The van der Waals surface area contributed by atoms with Gasteiger partial charge in [-0.25, -0.2) is 9.97 Å². The molecule has 1 heterocycles. The van der Waals surface area contributed by atoms with Crippen molar-refractivity contribution < 1.29 is 18.0 Å². The van der Waals surface area contributed by atoms with Crippen LogP contribution in [0.2, 0.25) is 0 Å². The zero-order valence-electron chi connectivity index (χ0n) is 14.5. The average Bonchev–Trinajstić information content (AvgIpc) is 2.65. The lowest BCUT2D eigenvalue weighted by molar-refractivity contribution is -0.137. The summed E-state index contributed by atoms with van der Waals surface area (Å²) in [6.07, 6.45) is -3.68. The first-order valence-corrected chi connectivity index (χ1v) is 8.37. The van der Waals surface area contributed by atoms with Gasteiger partial charge in [-0.1, -0.05) is 25.1 Å². The Bertz CT molecular complexity index is 973. The van der Waals surface area contributed by atoms with Gasteiger partial charge in [-0.3, -0.25) is 4.79 Å². The van der Waals surface area contributed by atoms with Crippen LogP contribution in [0.4, 0.5) is 24.7 Å². The lowest BCUT2D eigenvalue weighted by atomic mass is 10.2. The SMILES string of the molecule is CCCNc1nc2ccccc2nc1C(=O)Nc1cccc(C(F)(F)F)c1. The fourth-order valence-electron chi connectivity index (χ4n) is 2.49.